The summed E-state index contributed by atoms with van der Waals surface area (Å²) in [5, 5.41) is 11.2. The summed E-state index contributed by atoms with van der Waals surface area (Å²) in [5.41, 5.74) is 1.23. The first-order valence-corrected chi connectivity index (χ1v) is 10.5. The number of nitrogens with zero attached hydrogens (tertiary/aromatic N) is 1. The van der Waals surface area contributed by atoms with Crippen molar-refractivity contribution in [2.75, 3.05) is 6.61 Å². The molecule has 0 saturated carbocycles. The number of ether oxygens (including phenoxy) is 1. The molecule has 7 nitrogen and oxygen atoms in total. The van der Waals surface area contributed by atoms with Gasteiger partial charge in [-0.2, -0.15) is 0 Å². The minimum Gasteiger partial charge on any atom is -0.507 e. The van der Waals surface area contributed by atoms with Crippen LogP contribution in [0.15, 0.2) is 63.1 Å². The molecule has 4 rings (SSSR count). The number of furan rings is 2. The Morgan fingerprint density at radius 3 is 2.59 bits per heavy atom. The van der Waals surface area contributed by atoms with E-state index in [9.17, 15) is 14.7 Å². The molecule has 1 atom stereocenters. The van der Waals surface area contributed by atoms with E-state index in [2.05, 4.69) is 0 Å². The van der Waals surface area contributed by atoms with E-state index in [0.29, 0.717) is 35.2 Å². The van der Waals surface area contributed by atoms with Crippen LogP contribution in [0, 0.1) is 13.8 Å². The van der Waals surface area contributed by atoms with Crippen molar-refractivity contribution in [1.29, 1.82) is 0 Å². The van der Waals surface area contributed by atoms with Gasteiger partial charge in [-0.1, -0.05) is 6.92 Å². The summed E-state index contributed by atoms with van der Waals surface area (Å²) in [6, 6.07) is 11.2. The first-order chi connectivity index (χ1) is 15.4. The number of Topliss-reactive ketones (excluding diaryl/α,β-unsaturated/α-hetero) is 1. The van der Waals surface area contributed by atoms with E-state index >= 15 is 0 Å². The van der Waals surface area contributed by atoms with Crippen LogP contribution in [0.3, 0.4) is 0 Å². The summed E-state index contributed by atoms with van der Waals surface area (Å²) in [6.07, 6.45) is 2.38. The van der Waals surface area contributed by atoms with Crippen molar-refractivity contribution in [3.63, 3.8) is 0 Å². The second-order valence-corrected chi connectivity index (χ2v) is 7.78. The SMILES string of the molecule is CCCOc1ccc(/C(O)=C2/C(=O)C(=O)N(Cc3ccco3)C2c2ccc(C)o2)cc1C. The van der Waals surface area contributed by atoms with Gasteiger partial charge in [-0.3, -0.25) is 9.59 Å². The van der Waals surface area contributed by atoms with E-state index in [0.717, 1.165) is 12.0 Å². The van der Waals surface area contributed by atoms with Gasteiger partial charge in [0.15, 0.2) is 0 Å². The topological polar surface area (TPSA) is 93.1 Å². The second kappa shape index (κ2) is 8.78. The molecule has 0 aliphatic carbocycles. The van der Waals surface area contributed by atoms with Gasteiger partial charge in [-0.25, -0.2) is 0 Å². The van der Waals surface area contributed by atoms with Crippen molar-refractivity contribution >= 4 is 17.4 Å². The normalized spacial score (nSPS) is 17.8. The summed E-state index contributed by atoms with van der Waals surface area (Å²) in [6.45, 7) is 6.32. The third-order valence-corrected chi connectivity index (χ3v) is 5.39. The summed E-state index contributed by atoms with van der Waals surface area (Å²) in [5.74, 6) is 0.521. The maximum Gasteiger partial charge on any atom is 0.296 e. The molecular formula is C25H25NO6. The average molecular weight is 435 g/mol. The van der Waals surface area contributed by atoms with Crippen molar-refractivity contribution in [2.45, 2.75) is 39.8 Å². The lowest BCUT2D eigenvalue weighted by Gasteiger charge is -2.22. The third-order valence-electron chi connectivity index (χ3n) is 5.39. The monoisotopic (exact) mass is 435 g/mol. The largest absolute Gasteiger partial charge is 0.507 e. The minimum absolute atomic E-state index is 0.0162. The maximum absolute atomic E-state index is 13.0. The van der Waals surface area contributed by atoms with E-state index in [-0.39, 0.29) is 17.9 Å². The fourth-order valence-electron chi connectivity index (χ4n) is 3.84. The molecule has 3 aromatic rings. The molecule has 0 bridgehead atoms. The van der Waals surface area contributed by atoms with Crippen LogP contribution in [0.5, 0.6) is 5.75 Å². The zero-order valence-electron chi connectivity index (χ0n) is 18.3. The Hall–Kier alpha value is -3.74. The summed E-state index contributed by atoms with van der Waals surface area (Å²) >= 11 is 0. The number of hydrogen-bond acceptors (Lipinski definition) is 6. The van der Waals surface area contributed by atoms with Crippen molar-refractivity contribution in [1.82, 2.24) is 4.90 Å². The highest BCUT2D eigenvalue weighted by molar-refractivity contribution is 6.46. The third kappa shape index (κ3) is 3.93. The molecule has 1 aliphatic rings. The lowest BCUT2D eigenvalue weighted by Crippen LogP contribution is -2.28. The van der Waals surface area contributed by atoms with Gasteiger partial charge >= 0.3 is 0 Å². The Bertz CT molecular complexity index is 1170. The minimum atomic E-state index is -0.870. The van der Waals surface area contributed by atoms with E-state index in [1.165, 1.54) is 11.2 Å². The zero-order chi connectivity index (χ0) is 22.8. The number of rotatable bonds is 7. The van der Waals surface area contributed by atoms with E-state index in [4.69, 9.17) is 13.6 Å². The van der Waals surface area contributed by atoms with Crippen LogP contribution in [0.2, 0.25) is 0 Å². The number of aliphatic hydroxyl groups excluding tert-OH is 1. The van der Waals surface area contributed by atoms with Crippen molar-refractivity contribution in [2.24, 2.45) is 0 Å². The number of hydrogen-bond donors (Lipinski definition) is 1. The van der Waals surface area contributed by atoms with Gasteiger partial charge in [0.1, 0.15) is 34.8 Å². The van der Waals surface area contributed by atoms with Crippen LogP contribution in [-0.2, 0) is 16.1 Å². The molecule has 7 heteroatoms. The van der Waals surface area contributed by atoms with Gasteiger partial charge in [0.05, 0.1) is 25.0 Å². The number of likely N-dealkylation sites (tertiary alicyclic amines) is 1. The van der Waals surface area contributed by atoms with E-state index < -0.39 is 17.7 Å². The van der Waals surface area contributed by atoms with Gasteiger partial charge in [0.2, 0.25) is 0 Å². The van der Waals surface area contributed by atoms with Gasteiger partial charge < -0.3 is 23.6 Å². The van der Waals surface area contributed by atoms with E-state index in [1.54, 1.807) is 49.4 Å². The summed E-state index contributed by atoms with van der Waals surface area (Å²) < 4.78 is 16.9. The Labute approximate surface area is 185 Å². The molecular weight excluding hydrogens is 410 g/mol. The molecule has 1 unspecified atom stereocenters. The lowest BCUT2D eigenvalue weighted by molar-refractivity contribution is -0.140. The lowest BCUT2D eigenvalue weighted by atomic mass is 9.98. The van der Waals surface area contributed by atoms with Crippen LogP contribution in [-0.4, -0.2) is 28.3 Å². The fraction of sp³-hybridized carbons (Fsp3) is 0.280. The molecule has 1 aromatic carbocycles. The quantitative estimate of drug-likeness (QED) is 0.322. The molecule has 1 saturated heterocycles. The number of ketones is 1. The Morgan fingerprint density at radius 1 is 1.16 bits per heavy atom. The number of benzene rings is 1. The first-order valence-electron chi connectivity index (χ1n) is 10.5. The summed E-state index contributed by atoms with van der Waals surface area (Å²) in [4.78, 5) is 27.3. The second-order valence-electron chi connectivity index (χ2n) is 7.78. The highest BCUT2D eigenvalue weighted by atomic mass is 16.5. The molecule has 166 valence electrons. The molecule has 0 spiro atoms. The van der Waals surface area contributed by atoms with Gasteiger partial charge in [0, 0.05) is 5.56 Å². The number of amides is 1. The molecule has 0 radical (unpaired) electrons. The maximum atomic E-state index is 13.0. The van der Waals surface area contributed by atoms with Gasteiger partial charge in [-0.15, -0.1) is 0 Å². The van der Waals surface area contributed by atoms with Crippen molar-refractivity contribution in [3.05, 3.63) is 82.7 Å². The number of carbonyl (C=O) groups is 2. The number of carbonyl (C=O) groups excluding carboxylic acids is 2. The van der Waals surface area contributed by atoms with Crippen LogP contribution in [0.1, 0.15) is 47.8 Å². The molecule has 1 aliphatic heterocycles. The molecule has 1 fully saturated rings. The molecule has 2 aromatic heterocycles. The highest BCUT2D eigenvalue weighted by Crippen LogP contribution is 2.41. The average Bonchev–Trinajstić information content (AvgIpc) is 3.50. The van der Waals surface area contributed by atoms with Crippen LogP contribution in [0.4, 0.5) is 0 Å². The number of aliphatic hydroxyl groups is 1. The predicted molar refractivity (Wildman–Crippen MR) is 117 cm³/mol. The molecule has 32 heavy (non-hydrogen) atoms. The fourth-order valence-corrected chi connectivity index (χ4v) is 3.84. The Balaban J connectivity index is 1.79. The van der Waals surface area contributed by atoms with Crippen LogP contribution < -0.4 is 4.74 Å². The zero-order valence-corrected chi connectivity index (χ0v) is 18.3. The van der Waals surface area contributed by atoms with Crippen LogP contribution in [0.25, 0.3) is 5.76 Å². The summed E-state index contributed by atoms with van der Waals surface area (Å²) in [7, 11) is 0. The van der Waals surface area contributed by atoms with Crippen molar-refractivity contribution < 1.29 is 28.3 Å². The molecule has 1 amide bonds. The highest BCUT2D eigenvalue weighted by Gasteiger charge is 2.47. The smallest absolute Gasteiger partial charge is 0.296 e. The standard InChI is InChI=1S/C25H25NO6/c1-4-11-31-19-10-8-17(13-15(19)2)23(27)21-22(20-9-7-16(3)32-20)26(25(29)24(21)28)14-18-6-5-12-30-18/h5-10,12-13,22,27H,4,11,14H2,1-3H3/b23-21-. The van der Waals surface area contributed by atoms with Gasteiger partial charge in [-0.05, 0) is 68.3 Å². The molecule has 3 heterocycles. The van der Waals surface area contributed by atoms with Gasteiger partial charge in [0.25, 0.3) is 11.7 Å². The van der Waals surface area contributed by atoms with Crippen LogP contribution >= 0.6 is 0 Å². The van der Waals surface area contributed by atoms with Crippen molar-refractivity contribution in [3.8, 4) is 5.75 Å². The Morgan fingerprint density at radius 2 is 1.97 bits per heavy atom. The first kappa shape index (κ1) is 21.5. The Kier molecular flexibility index (Phi) is 5.90. The number of aryl methyl sites for hydroxylation is 2. The van der Waals surface area contributed by atoms with E-state index in [1.807, 2.05) is 13.8 Å². The predicted octanol–water partition coefficient (Wildman–Crippen LogP) is 4.90. The molecule has 1 N–H and O–H groups in total.